The summed E-state index contributed by atoms with van der Waals surface area (Å²) in [5.74, 6) is 1.43. The Kier molecular flexibility index (Phi) is 3.79. The molecule has 1 heterocycles. The lowest BCUT2D eigenvalue weighted by molar-refractivity contribution is 0.189. The van der Waals surface area contributed by atoms with Crippen molar-refractivity contribution in [2.75, 3.05) is 14.2 Å². The summed E-state index contributed by atoms with van der Waals surface area (Å²) in [6.45, 7) is 0. The van der Waals surface area contributed by atoms with Gasteiger partial charge in [-0.15, -0.1) is 0 Å². The summed E-state index contributed by atoms with van der Waals surface area (Å²) >= 11 is 6.11. The van der Waals surface area contributed by atoms with Crippen LogP contribution in [-0.2, 0) is 0 Å². The summed E-state index contributed by atoms with van der Waals surface area (Å²) in [7, 11) is 3.05. The Bertz CT molecular complexity index is 522. The minimum absolute atomic E-state index is 0.386. The maximum atomic E-state index is 10.2. The highest BCUT2D eigenvalue weighted by Crippen LogP contribution is 2.37. The third kappa shape index (κ3) is 2.30. The SMILES string of the molecule is COc1cc(Cl)c(C(O)c2ccco2)cc1OC. The van der Waals surface area contributed by atoms with E-state index in [1.54, 1.807) is 24.3 Å². The molecule has 1 aromatic carbocycles. The fourth-order valence-corrected chi connectivity index (χ4v) is 1.94. The average Bonchev–Trinajstić information content (AvgIpc) is 2.91. The molecule has 0 bridgehead atoms. The van der Waals surface area contributed by atoms with Crippen LogP contribution in [0.15, 0.2) is 34.9 Å². The first-order valence-electron chi connectivity index (χ1n) is 5.30. The summed E-state index contributed by atoms with van der Waals surface area (Å²) in [5.41, 5.74) is 0.504. The van der Waals surface area contributed by atoms with Crippen LogP contribution >= 0.6 is 11.6 Å². The van der Waals surface area contributed by atoms with Crippen LogP contribution in [-0.4, -0.2) is 19.3 Å². The number of methoxy groups -OCH3 is 2. The number of rotatable bonds is 4. The van der Waals surface area contributed by atoms with E-state index in [-0.39, 0.29) is 0 Å². The van der Waals surface area contributed by atoms with Gasteiger partial charge in [0.1, 0.15) is 11.9 Å². The van der Waals surface area contributed by atoms with Crippen LogP contribution in [0.2, 0.25) is 5.02 Å². The van der Waals surface area contributed by atoms with Crippen molar-refractivity contribution in [3.63, 3.8) is 0 Å². The zero-order valence-corrected chi connectivity index (χ0v) is 10.8. The lowest BCUT2D eigenvalue weighted by Gasteiger charge is -2.14. The van der Waals surface area contributed by atoms with Crippen LogP contribution < -0.4 is 9.47 Å². The number of benzene rings is 1. The largest absolute Gasteiger partial charge is 0.493 e. The molecular weight excluding hydrogens is 256 g/mol. The molecule has 96 valence electrons. The number of ether oxygens (including phenoxy) is 2. The number of halogens is 1. The highest BCUT2D eigenvalue weighted by atomic mass is 35.5. The van der Waals surface area contributed by atoms with Gasteiger partial charge in [-0.2, -0.15) is 0 Å². The summed E-state index contributed by atoms with van der Waals surface area (Å²) < 4.78 is 15.5. The zero-order chi connectivity index (χ0) is 13.1. The molecule has 1 N–H and O–H groups in total. The zero-order valence-electron chi connectivity index (χ0n) is 10.0. The van der Waals surface area contributed by atoms with Gasteiger partial charge in [0, 0.05) is 11.6 Å². The smallest absolute Gasteiger partial charge is 0.162 e. The Morgan fingerprint density at radius 3 is 2.44 bits per heavy atom. The van der Waals surface area contributed by atoms with Crippen molar-refractivity contribution in [1.82, 2.24) is 0 Å². The van der Waals surface area contributed by atoms with E-state index in [2.05, 4.69) is 0 Å². The predicted molar refractivity (Wildman–Crippen MR) is 67.3 cm³/mol. The molecule has 0 amide bonds. The van der Waals surface area contributed by atoms with Gasteiger partial charge in [0.15, 0.2) is 11.5 Å². The minimum Gasteiger partial charge on any atom is -0.493 e. The second-order valence-corrected chi connectivity index (χ2v) is 4.05. The molecular formula is C13H13ClO4. The second kappa shape index (κ2) is 5.33. The minimum atomic E-state index is -0.938. The van der Waals surface area contributed by atoms with Crippen molar-refractivity contribution in [3.05, 3.63) is 46.9 Å². The van der Waals surface area contributed by atoms with Crippen LogP contribution in [0.5, 0.6) is 11.5 Å². The van der Waals surface area contributed by atoms with Crippen molar-refractivity contribution >= 4 is 11.6 Å². The molecule has 1 unspecified atom stereocenters. The first kappa shape index (κ1) is 12.8. The van der Waals surface area contributed by atoms with Crippen LogP contribution in [0.3, 0.4) is 0 Å². The van der Waals surface area contributed by atoms with Gasteiger partial charge in [0.2, 0.25) is 0 Å². The Balaban J connectivity index is 2.45. The predicted octanol–water partition coefficient (Wildman–Crippen LogP) is 3.03. The number of hydrogen-bond acceptors (Lipinski definition) is 4. The summed E-state index contributed by atoms with van der Waals surface area (Å²) in [5, 5.41) is 10.6. The maximum Gasteiger partial charge on any atom is 0.162 e. The molecule has 18 heavy (non-hydrogen) atoms. The van der Waals surface area contributed by atoms with E-state index in [1.165, 1.54) is 20.5 Å². The third-order valence-electron chi connectivity index (χ3n) is 2.61. The van der Waals surface area contributed by atoms with Crippen molar-refractivity contribution in [1.29, 1.82) is 0 Å². The molecule has 0 spiro atoms. The first-order valence-corrected chi connectivity index (χ1v) is 5.68. The molecule has 0 aliphatic carbocycles. The number of aliphatic hydroxyl groups excluding tert-OH is 1. The molecule has 0 fully saturated rings. The topological polar surface area (TPSA) is 51.8 Å². The van der Waals surface area contributed by atoms with Gasteiger partial charge in [-0.25, -0.2) is 0 Å². The normalized spacial score (nSPS) is 12.2. The van der Waals surface area contributed by atoms with Crippen molar-refractivity contribution in [2.24, 2.45) is 0 Å². The molecule has 0 radical (unpaired) electrons. The molecule has 2 aromatic rings. The Hall–Kier alpha value is -1.65. The van der Waals surface area contributed by atoms with E-state index in [9.17, 15) is 5.11 Å². The van der Waals surface area contributed by atoms with Crippen molar-refractivity contribution in [2.45, 2.75) is 6.10 Å². The molecule has 0 saturated carbocycles. The molecule has 5 heteroatoms. The molecule has 0 saturated heterocycles. The molecule has 1 atom stereocenters. The van der Waals surface area contributed by atoms with E-state index >= 15 is 0 Å². The monoisotopic (exact) mass is 268 g/mol. The van der Waals surface area contributed by atoms with Crippen molar-refractivity contribution < 1.29 is 19.0 Å². The quantitative estimate of drug-likeness (QED) is 0.926. The van der Waals surface area contributed by atoms with Gasteiger partial charge < -0.3 is 19.0 Å². The van der Waals surface area contributed by atoms with Gasteiger partial charge in [0.05, 0.1) is 25.5 Å². The maximum absolute atomic E-state index is 10.2. The molecule has 0 aliphatic rings. The summed E-state index contributed by atoms with van der Waals surface area (Å²) in [6.07, 6.45) is 0.556. The van der Waals surface area contributed by atoms with E-state index in [4.69, 9.17) is 25.5 Å². The highest BCUT2D eigenvalue weighted by molar-refractivity contribution is 6.31. The summed E-state index contributed by atoms with van der Waals surface area (Å²) in [4.78, 5) is 0. The van der Waals surface area contributed by atoms with Crippen molar-refractivity contribution in [3.8, 4) is 11.5 Å². The van der Waals surface area contributed by atoms with Gasteiger partial charge >= 0.3 is 0 Å². The first-order chi connectivity index (χ1) is 8.67. The second-order valence-electron chi connectivity index (χ2n) is 3.65. The van der Waals surface area contributed by atoms with E-state index in [1.807, 2.05) is 0 Å². The standard InChI is InChI=1S/C13H13ClO4/c1-16-11-6-8(9(14)7-12(11)17-2)13(15)10-4-3-5-18-10/h3-7,13,15H,1-2H3. The van der Waals surface area contributed by atoms with E-state index < -0.39 is 6.10 Å². The molecule has 4 nitrogen and oxygen atoms in total. The number of hydrogen-bond donors (Lipinski definition) is 1. The van der Waals surface area contributed by atoms with Gasteiger partial charge in [-0.1, -0.05) is 11.6 Å². The Labute approximate surface area is 110 Å². The molecule has 1 aromatic heterocycles. The number of furan rings is 1. The fourth-order valence-electron chi connectivity index (χ4n) is 1.68. The van der Waals surface area contributed by atoms with Crippen LogP contribution in [0.4, 0.5) is 0 Å². The van der Waals surface area contributed by atoms with Gasteiger partial charge in [0.25, 0.3) is 0 Å². The Morgan fingerprint density at radius 2 is 1.89 bits per heavy atom. The highest BCUT2D eigenvalue weighted by Gasteiger charge is 2.19. The van der Waals surface area contributed by atoms with Gasteiger partial charge in [-0.3, -0.25) is 0 Å². The lowest BCUT2D eigenvalue weighted by atomic mass is 10.1. The lowest BCUT2D eigenvalue weighted by Crippen LogP contribution is -2.01. The Morgan fingerprint density at radius 1 is 1.22 bits per heavy atom. The van der Waals surface area contributed by atoms with E-state index in [0.717, 1.165) is 0 Å². The van der Waals surface area contributed by atoms with Gasteiger partial charge in [-0.05, 0) is 18.2 Å². The summed E-state index contributed by atoms with van der Waals surface area (Å²) in [6, 6.07) is 6.61. The van der Waals surface area contributed by atoms with Crippen LogP contribution in [0, 0.1) is 0 Å². The fraction of sp³-hybridized carbons (Fsp3) is 0.231. The molecule has 2 rings (SSSR count). The molecule has 0 aliphatic heterocycles. The van der Waals surface area contributed by atoms with E-state index in [0.29, 0.717) is 27.8 Å². The van der Waals surface area contributed by atoms with Crippen LogP contribution in [0.25, 0.3) is 0 Å². The average molecular weight is 269 g/mol. The third-order valence-corrected chi connectivity index (χ3v) is 2.94. The van der Waals surface area contributed by atoms with Crippen LogP contribution in [0.1, 0.15) is 17.4 Å². The number of aliphatic hydroxyl groups is 1.